The Morgan fingerprint density at radius 3 is 2.56 bits per heavy atom. The molecule has 0 aliphatic rings. The van der Waals surface area contributed by atoms with Gasteiger partial charge in [-0.2, -0.15) is 8.78 Å². The SMILES string of the molecule is CC(CC(=O)O)Cc1nnc(C(F)(F)C(F)F)o1. The summed E-state index contributed by atoms with van der Waals surface area (Å²) in [5.74, 6) is -7.76. The average molecular weight is 270 g/mol. The molecule has 5 nitrogen and oxygen atoms in total. The number of hydrogen-bond donors (Lipinski definition) is 1. The third kappa shape index (κ3) is 3.41. The molecule has 18 heavy (non-hydrogen) atoms. The molecule has 102 valence electrons. The van der Waals surface area contributed by atoms with Crippen LogP contribution in [0, 0.1) is 5.92 Å². The number of carboxylic acids is 1. The van der Waals surface area contributed by atoms with E-state index in [1.807, 2.05) is 0 Å². The van der Waals surface area contributed by atoms with E-state index in [1.54, 1.807) is 0 Å². The van der Waals surface area contributed by atoms with Gasteiger partial charge in [0.2, 0.25) is 5.89 Å². The smallest absolute Gasteiger partial charge is 0.382 e. The number of aliphatic carboxylic acids is 1. The van der Waals surface area contributed by atoms with Crippen molar-refractivity contribution in [2.45, 2.75) is 32.1 Å². The molecule has 0 fully saturated rings. The summed E-state index contributed by atoms with van der Waals surface area (Å²) in [6, 6.07) is 0. The monoisotopic (exact) mass is 270 g/mol. The number of carboxylic acid groups (broad SMARTS) is 1. The van der Waals surface area contributed by atoms with E-state index in [0.717, 1.165) is 0 Å². The Hall–Kier alpha value is -1.67. The maximum Gasteiger partial charge on any atom is 0.382 e. The van der Waals surface area contributed by atoms with Crippen LogP contribution in [0.5, 0.6) is 0 Å². The number of rotatable bonds is 6. The zero-order chi connectivity index (χ0) is 13.9. The van der Waals surface area contributed by atoms with Crippen molar-refractivity contribution in [3.05, 3.63) is 11.8 Å². The van der Waals surface area contributed by atoms with E-state index in [2.05, 4.69) is 14.6 Å². The third-order valence-electron chi connectivity index (χ3n) is 2.07. The summed E-state index contributed by atoms with van der Waals surface area (Å²) in [7, 11) is 0. The van der Waals surface area contributed by atoms with Gasteiger partial charge in [-0.15, -0.1) is 10.2 Å². The molecule has 1 heterocycles. The first kappa shape index (κ1) is 14.4. The highest BCUT2D eigenvalue weighted by Gasteiger charge is 2.48. The molecule has 0 saturated carbocycles. The van der Waals surface area contributed by atoms with Crippen molar-refractivity contribution < 1.29 is 31.9 Å². The van der Waals surface area contributed by atoms with Gasteiger partial charge in [0, 0.05) is 12.8 Å². The van der Waals surface area contributed by atoms with Crippen LogP contribution in [0.1, 0.15) is 25.1 Å². The fourth-order valence-electron chi connectivity index (χ4n) is 1.23. The molecule has 1 aromatic heterocycles. The lowest BCUT2D eigenvalue weighted by Crippen LogP contribution is -2.23. The molecule has 0 aliphatic carbocycles. The standard InChI is InChI=1S/C9H10F4N2O3/c1-4(3-6(16)17)2-5-14-15-8(18-5)9(12,13)7(10)11/h4,7H,2-3H2,1H3,(H,16,17). The van der Waals surface area contributed by atoms with Gasteiger partial charge in [-0.3, -0.25) is 4.79 Å². The molecule has 0 radical (unpaired) electrons. The molecule has 1 rings (SSSR count). The van der Waals surface area contributed by atoms with Crippen LogP contribution in [0.15, 0.2) is 4.42 Å². The van der Waals surface area contributed by atoms with Gasteiger partial charge in [-0.1, -0.05) is 6.92 Å². The van der Waals surface area contributed by atoms with E-state index in [-0.39, 0.29) is 18.7 Å². The van der Waals surface area contributed by atoms with E-state index in [1.165, 1.54) is 6.92 Å². The summed E-state index contributed by atoms with van der Waals surface area (Å²) < 4.78 is 54.0. The van der Waals surface area contributed by atoms with Crippen molar-refractivity contribution in [3.63, 3.8) is 0 Å². The minimum absolute atomic E-state index is 0.0708. The van der Waals surface area contributed by atoms with Crippen molar-refractivity contribution in [3.8, 4) is 0 Å². The van der Waals surface area contributed by atoms with Gasteiger partial charge in [-0.25, -0.2) is 8.78 Å². The fourth-order valence-corrected chi connectivity index (χ4v) is 1.23. The summed E-state index contributed by atoms with van der Waals surface area (Å²) in [6.45, 7) is 1.53. The second-order valence-corrected chi connectivity index (χ2v) is 3.83. The molecule has 9 heteroatoms. The molecule has 1 unspecified atom stereocenters. The van der Waals surface area contributed by atoms with E-state index in [9.17, 15) is 22.4 Å². The van der Waals surface area contributed by atoms with E-state index in [0.29, 0.717) is 0 Å². The van der Waals surface area contributed by atoms with Crippen molar-refractivity contribution in [1.82, 2.24) is 10.2 Å². The zero-order valence-corrected chi connectivity index (χ0v) is 9.24. The predicted molar refractivity (Wildman–Crippen MR) is 49.3 cm³/mol. The summed E-state index contributed by atoms with van der Waals surface area (Å²) >= 11 is 0. The lowest BCUT2D eigenvalue weighted by Gasteiger charge is -2.09. The highest BCUT2D eigenvalue weighted by Crippen LogP contribution is 2.33. The Morgan fingerprint density at radius 2 is 2.06 bits per heavy atom. The van der Waals surface area contributed by atoms with Gasteiger partial charge >= 0.3 is 18.3 Å². The third-order valence-corrected chi connectivity index (χ3v) is 2.07. The predicted octanol–water partition coefficient (Wildman–Crippen LogP) is 2.08. The van der Waals surface area contributed by atoms with Gasteiger partial charge in [0.15, 0.2) is 0 Å². The largest absolute Gasteiger partial charge is 0.481 e. The topological polar surface area (TPSA) is 76.2 Å². The van der Waals surface area contributed by atoms with Crippen LogP contribution in [0.25, 0.3) is 0 Å². The van der Waals surface area contributed by atoms with E-state index < -0.39 is 30.1 Å². The van der Waals surface area contributed by atoms with Crippen LogP contribution in [-0.2, 0) is 17.1 Å². The van der Waals surface area contributed by atoms with Crippen LogP contribution < -0.4 is 0 Å². The minimum atomic E-state index is -4.50. The van der Waals surface area contributed by atoms with Crippen LogP contribution in [0.2, 0.25) is 0 Å². The van der Waals surface area contributed by atoms with Gasteiger partial charge < -0.3 is 9.52 Å². The molecular formula is C9H10F4N2O3. The lowest BCUT2D eigenvalue weighted by molar-refractivity contribution is -0.151. The molecule has 1 atom stereocenters. The first-order valence-electron chi connectivity index (χ1n) is 4.94. The summed E-state index contributed by atoms with van der Waals surface area (Å²) in [6.07, 6.45) is -4.23. The van der Waals surface area contributed by atoms with Crippen molar-refractivity contribution in [1.29, 1.82) is 0 Å². The van der Waals surface area contributed by atoms with Gasteiger partial charge in [-0.05, 0) is 5.92 Å². The Bertz CT molecular complexity index is 422. The zero-order valence-electron chi connectivity index (χ0n) is 9.24. The molecule has 0 bridgehead atoms. The summed E-state index contributed by atoms with van der Waals surface area (Å²) in [5.41, 5.74) is 0. The van der Waals surface area contributed by atoms with Crippen LogP contribution in [0.3, 0.4) is 0 Å². The lowest BCUT2D eigenvalue weighted by atomic mass is 10.0. The van der Waals surface area contributed by atoms with Gasteiger partial charge in [0.25, 0.3) is 5.89 Å². The Morgan fingerprint density at radius 1 is 1.44 bits per heavy atom. The van der Waals surface area contributed by atoms with Gasteiger partial charge in [0.1, 0.15) is 0 Å². The quantitative estimate of drug-likeness (QED) is 0.801. The maximum atomic E-state index is 12.8. The molecule has 0 spiro atoms. The first-order valence-corrected chi connectivity index (χ1v) is 4.94. The van der Waals surface area contributed by atoms with Crippen molar-refractivity contribution in [2.24, 2.45) is 5.92 Å². The normalized spacial score (nSPS) is 13.9. The number of halogens is 4. The highest BCUT2D eigenvalue weighted by molar-refractivity contribution is 5.66. The Labute approximate surface area is 98.8 Å². The number of hydrogen-bond acceptors (Lipinski definition) is 4. The highest BCUT2D eigenvalue weighted by atomic mass is 19.3. The van der Waals surface area contributed by atoms with Gasteiger partial charge in [0.05, 0.1) is 0 Å². The first-order chi connectivity index (χ1) is 8.23. The Kier molecular flexibility index (Phi) is 4.25. The summed E-state index contributed by atoms with van der Waals surface area (Å²) in [4.78, 5) is 10.4. The number of nitrogens with zero attached hydrogens (tertiary/aromatic N) is 2. The number of alkyl halides is 4. The average Bonchev–Trinajstić information content (AvgIpc) is 2.64. The summed E-state index contributed by atoms with van der Waals surface area (Å²) in [5, 5.41) is 14.5. The molecule has 0 amide bonds. The Balaban J connectivity index is 2.72. The van der Waals surface area contributed by atoms with Crippen LogP contribution in [-0.4, -0.2) is 27.7 Å². The van der Waals surface area contributed by atoms with Crippen LogP contribution in [0.4, 0.5) is 17.6 Å². The maximum absolute atomic E-state index is 12.8. The van der Waals surface area contributed by atoms with E-state index in [4.69, 9.17) is 5.11 Å². The van der Waals surface area contributed by atoms with E-state index >= 15 is 0 Å². The van der Waals surface area contributed by atoms with Crippen molar-refractivity contribution in [2.75, 3.05) is 0 Å². The second kappa shape index (κ2) is 5.32. The minimum Gasteiger partial charge on any atom is -0.481 e. The molecule has 1 N–H and O–H groups in total. The van der Waals surface area contributed by atoms with Crippen LogP contribution >= 0.6 is 0 Å². The molecule has 0 aliphatic heterocycles. The molecule has 0 saturated heterocycles. The molecule has 0 aromatic carbocycles. The fraction of sp³-hybridized carbons (Fsp3) is 0.667. The second-order valence-electron chi connectivity index (χ2n) is 3.83. The number of carbonyl (C=O) groups is 1. The molecule has 1 aromatic rings. The number of aromatic nitrogens is 2. The van der Waals surface area contributed by atoms with Crippen molar-refractivity contribution >= 4 is 5.97 Å². The molecular weight excluding hydrogens is 260 g/mol.